The third-order valence-electron chi connectivity index (χ3n) is 2.54. The largest absolute Gasteiger partial charge is 0.348 e. The number of carbonyl (C=O) groups excluding carboxylic acids is 1. The molecule has 5 heteroatoms. The molecule has 0 spiro atoms. The van der Waals surface area contributed by atoms with Crippen molar-refractivity contribution in [2.75, 3.05) is 0 Å². The molecule has 0 atom stereocenters. The van der Waals surface area contributed by atoms with Gasteiger partial charge in [0.15, 0.2) is 0 Å². The van der Waals surface area contributed by atoms with Crippen molar-refractivity contribution in [3.63, 3.8) is 0 Å². The fourth-order valence-corrected chi connectivity index (χ4v) is 2.28. The van der Waals surface area contributed by atoms with Gasteiger partial charge in [0, 0.05) is 21.1 Å². The molecule has 0 heterocycles. The SMILES string of the molecule is O=C(NCc1ccc(Cl)cc1)c1cc(Cl)ccc1Br. The number of carbonyl (C=O) groups is 1. The lowest BCUT2D eigenvalue weighted by atomic mass is 10.2. The van der Waals surface area contributed by atoms with Crippen LogP contribution >= 0.6 is 39.1 Å². The summed E-state index contributed by atoms with van der Waals surface area (Å²) in [5, 5.41) is 4.03. The molecule has 0 aromatic heterocycles. The van der Waals surface area contributed by atoms with Crippen molar-refractivity contribution in [2.24, 2.45) is 0 Å². The Balaban J connectivity index is 2.05. The molecule has 0 aliphatic rings. The van der Waals surface area contributed by atoms with Crippen molar-refractivity contribution in [2.45, 2.75) is 6.54 Å². The topological polar surface area (TPSA) is 29.1 Å². The summed E-state index contributed by atoms with van der Waals surface area (Å²) in [6, 6.07) is 12.4. The van der Waals surface area contributed by atoms with E-state index in [9.17, 15) is 4.79 Å². The zero-order valence-corrected chi connectivity index (χ0v) is 12.9. The summed E-state index contributed by atoms with van der Waals surface area (Å²) in [6.07, 6.45) is 0. The molecule has 0 aliphatic heterocycles. The Bertz CT molecular complexity index is 599. The zero-order valence-electron chi connectivity index (χ0n) is 9.79. The van der Waals surface area contributed by atoms with Crippen molar-refractivity contribution in [1.82, 2.24) is 5.32 Å². The summed E-state index contributed by atoms with van der Waals surface area (Å²) in [6.45, 7) is 0.439. The number of halogens is 3. The van der Waals surface area contributed by atoms with Crippen LogP contribution in [0.15, 0.2) is 46.9 Å². The Morgan fingerprint density at radius 1 is 1.05 bits per heavy atom. The summed E-state index contributed by atoms with van der Waals surface area (Å²) in [5.41, 5.74) is 1.50. The van der Waals surface area contributed by atoms with Crippen LogP contribution in [0.25, 0.3) is 0 Å². The molecule has 0 saturated carbocycles. The highest BCUT2D eigenvalue weighted by molar-refractivity contribution is 9.10. The number of amides is 1. The molecule has 2 rings (SSSR count). The lowest BCUT2D eigenvalue weighted by molar-refractivity contribution is 0.0950. The molecule has 2 aromatic rings. The van der Waals surface area contributed by atoms with E-state index in [0.29, 0.717) is 26.6 Å². The fourth-order valence-electron chi connectivity index (χ4n) is 1.55. The van der Waals surface area contributed by atoms with Crippen LogP contribution < -0.4 is 5.32 Å². The van der Waals surface area contributed by atoms with Crippen molar-refractivity contribution < 1.29 is 4.79 Å². The Labute approximate surface area is 129 Å². The van der Waals surface area contributed by atoms with Crippen molar-refractivity contribution in [1.29, 1.82) is 0 Å². The highest BCUT2D eigenvalue weighted by Gasteiger charge is 2.10. The summed E-state index contributed by atoms with van der Waals surface area (Å²) in [5.74, 6) is -0.177. The molecule has 0 aliphatic carbocycles. The molecule has 0 unspecified atom stereocenters. The first-order valence-corrected chi connectivity index (χ1v) is 7.09. The molecule has 2 aromatic carbocycles. The van der Waals surface area contributed by atoms with Crippen LogP contribution in [0.5, 0.6) is 0 Å². The maximum atomic E-state index is 12.0. The second-order valence-electron chi connectivity index (χ2n) is 3.93. The molecular formula is C14H10BrCl2NO. The van der Waals surface area contributed by atoms with Crippen LogP contribution in [-0.4, -0.2) is 5.91 Å². The van der Waals surface area contributed by atoms with Gasteiger partial charge in [0.05, 0.1) is 5.56 Å². The summed E-state index contributed by atoms with van der Waals surface area (Å²) in [7, 11) is 0. The van der Waals surface area contributed by atoms with E-state index in [1.165, 1.54) is 0 Å². The van der Waals surface area contributed by atoms with Gasteiger partial charge in [-0.25, -0.2) is 0 Å². The van der Waals surface area contributed by atoms with Gasteiger partial charge in [0.25, 0.3) is 5.91 Å². The first kappa shape index (κ1) is 14.4. The predicted molar refractivity (Wildman–Crippen MR) is 81.8 cm³/mol. The lowest BCUT2D eigenvalue weighted by Crippen LogP contribution is -2.23. The molecule has 2 nitrogen and oxygen atoms in total. The van der Waals surface area contributed by atoms with Crippen LogP contribution in [0.2, 0.25) is 10.0 Å². The van der Waals surface area contributed by atoms with Crippen LogP contribution in [0.1, 0.15) is 15.9 Å². The Hall–Kier alpha value is -1.03. The van der Waals surface area contributed by atoms with Gasteiger partial charge in [0.2, 0.25) is 0 Å². The van der Waals surface area contributed by atoms with Crippen molar-refractivity contribution in [3.05, 3.63) is 68.1 Å². The second kappa shape index (κ2) is 6.42. The number of hydrogen-bond acceptors (Lipinski definition) is 1. The quantitative estimate of drug-likeness (QED) is 0.847. The van der Waals surface area contributed by atoms with E-state index in [2.05, 4.69) is 21.2 Å². The smallest absolute Gasteiger partial charge is 0.252 e. The van der Waals surface area contributed by atoms with E-state index in [1.54, 1.807) is 30.3 Å². The number of rotatable bonds is 3. The van der Waals surface area contributed by atoms with E-state index in [0.717, 1.165) is 5.56 Å². The normalized spacial score (nSPS) is 10.3. The third kappa shape index (κ3) is 3.96. The van der Waals surface area contributed by atoms with Gasteiger partial charge < -0.3 is 5.32 Å². The van der Waals surface area contributed by atoms with Crippen LogP contribution in [0.4, 0.5) is 0 Å². The highest BCUT2D eigenvalue weighted by Crippen LogP contribution is 2.21. The zero-order chi connectivity index (χ0) is 13.8. The van der Waals surface area contributed by atoms with Gasteiger partial charge in [-0.05, 0) is 51.8 Å². The fraction of sp³-hybridized carbons (Fsp3) is 0.0714. The maximum absolute atomic E-state index is 12.0. The molecule has 1 amide bonds. The Kier molecular flexibility index (Phi) is 4.86. The van der Waals surface area contributed by atoms with Crippen molar-refractivity contribution >= 4 is 45.0 Å². The average Bonchev–Trinajstić information content (AvgIpc) is 2.40. The van der Waals surface area contributed by atoms with Gasteiger partial charge in [-0.2, -0.15) is 0 Å². The van der Waals surface area contributed by atoms with Gasteiger partial charge in [-0.1, -0.05) is 35.3 Å². The van der Waals surface area contributed by atoms with Gasteiger partial charge >= 0.3 is 0 Å². The number of benzene rings is 2. The van der Waals surface area contributed by atoms with E-state index < -0.39 is 0 Å². The van der Waals surface area contributed by atoms with E-state index in [-0.39, 0.29) is 5.91 Å². The molecule has 0 bridgehead atoms. The van der Waals surface area contributed by atoms with Crippen LogP contribution in [0.3, 0.4) is 0 Å². The number of nitrogens with one attached hydrogen (secondary N) is 1. The number of hydrogen-bond donors (Lipinski definition) is 1. The summed E-state index contributed by atoms with van der Waals surface area (Å²) in [4.78, 5) is 12.0. The molecule has 0 fully saturated rings. The Morgan fingerprint density at radius 2 is 1.68 bits per heavy atom. The third-order valence-corrected chi connectivity index (χ3v) is 3.72. The molecule has 98 valence electrons. The molecule has 0 saturated heterocycles. The highest BCUT2D eigenvalue weighted by atomic mass is 79.9. The first-order valence-electron chi connectivity index (χ1n) is 5.54. The minimum Gasteiger partial charge on any atom is -0.348 e. The van der Waals surface area contributed by atoms with Crippen LogP contribution in [0, 0.1) is 0 Å². The molecular weight excluding hydrogens is 349 g/mol. The van der Waals surface area contributed by atoms with Gasteiger partial charge in [0.1, 0.15) is 0 Å². The van der Waals surface area contributed by atoms with E-state index >= 15 is 0 Å². The van der Waals surface area contributed by atoms with Crippen molar-refractivity contribution in [3.8, 4) is 0 Å². The minimum absolute atomic E-state index is 0.177. The second-order valence-corrected chi connectivity index (χ2v) is 5.66. The monoisotopic (exact) mass is 357 g/mol. The summed E-state index contributed by atoms with van der Waals surface area (Å²) >= 11 is 15.0. The standard InChI is InChI=1S/C14H10BrCl2NO/c15-13-6-5-11(17)7-12(13)14(19)18-8-9-1-3-10(16)4-2-9/h1-7H,8H2,(H,18,19). The lowest BCUT2D eigenvalue weighted by Gasteiger charge is -2.07. The Morgan fingerprint density at radius 3 is 2.37 bits per heavy atom. The molecule has 0 radical (unpaired) electrons. The first-order chi connectivity index (χ1) is 9.06. The summed E-state index contributed by atoms with van der Waals surface area (Å²) < 4.78 is 0.713. The van der Waals surface area contributed by atoms with E-state index in [1.807, 2.05) is 12.1 Å². The van der Waals surface area contributed by atoms with Crippen LogP contribution in [-0.2, 0) is 6.54 Å². The molecule has 19 heavy (non-hydrogen) atoms. The maximum Gasteiger partial charge on any atom is 0.252 e. The minimum atomic E-state index is -0.177. The average molecular weight is 359 g/mol. The molecule has 1 N–H and O–H groups in total. The van der Waals surface area contributed by atoms with E-state index in [4.69, 9.17) is 23.2 Å². The van der Waals surface area contributed by atoms with Gasteiger partial charge in [-0.3, -0.25) is 4.79 Å². The predicted octanol–water partition coefficient (Wildman–Crippen LogP) is 4.69. The van der Waals surface area contributed by atoms with Gasteiger partial charge in [-0.15, -0.1) is 0 Å².